The summed E-state index contributed by atoms with van der Waals surface area (Å²) in [5.41, 5.74) is 0. The Morgan fingerprint density at radius 1 is 0.292 bits per heavy atom. The van der Waals surface area contributed by atoms with Crippen molar-refractivity contribution in [2.75, 3.05) is 92.5 Å². The molecule has 1 unspecified atom stereocenters. The van der Waals surface area contributed by atoms with Gasteiger partial charge in [-0.05, 0) is 6.42 Å². The van der Waals surface area contributed by atoms with E-state index in [2.05, 4.69) is 6.92 Å². The molecule has 0 radical (unpaired) electrons. The maximum atomic E-state index is 11.4. The van der Waals surface area contributed by atoms with Crippen LogP contribution in [0.4, 0.5) is 0 Å². The number of rotatable bonds is 35. The Bertz CT molecular complexity index is 693. The molecule has 20 N–H and O–H groups in total. The number of hydrogen-bond donors (Lipinski definition) is 20. The first kappa shape index (κ1) is 77.9. The first-order valence-electron chi connectivity index (χ1n) is 22.9. The molecule has 0 aliphatic carbocycles. The number of unbranched alkanes of at least 4 members (excludes halogenated alkanes) is 18. The average molecular weight is 967 g/mol. The lowest BCUT2D eigenvalue weighted by Crippen LogP contribution is -2.21. The third-order valence-corrected chi connectivity index (χ3v) is 8.16. The summed E-state index contributed by atoms with van der Waals surface area (Å²) in [5, 5.41) is 162. The molecule has 0 rings (SSSR count). The monoisotopic (exact) mass is 967 g/mol. The molecule has 1 atom stereocenters. The van der Waals surface area contributed by atoms with Crippen LogP contribution in [0.1, 0.15) is 135 Å². The zero-order chi connectivity index (χ0) is 51.4. The first-order valence-corrected chi connectivity index (χ1v) is 22.9. The van der Waals surface area contributed by atoms with Crippen molar-refractivity contribution in [1.82, 2.24) is 0 Å². The van der Waals surface area contributed by atoms with Gasteiger partial charge in [0.2, 0.25) is 0 Å². The summed E-state index contributed by atoms with van der Waals surface area (Å²) in [6.45, 7) is -2.57. The summed E-state index contributed by atoms with van der Waals surface area (Å²) < 4.78 is 4.88. The van der Waals surface area contributed by atoms with Crippen molar-refractivity contribution >= 4 is 5.97 Å². The second-order valence-electron chi connectivity index (χ2n) is 14.7. The Labute approximate surface area is 387 Å². The largest absolute Gasteiger partial charge is 0.463 e. The van der Waals surface area contributed by atoms with Gasteiger partial charge in [0, 0.05) is 6.42 Å². The maximum absolute atomic E-state index is 11.4. The maximum Gasteiger partial charge on any atom is 0.305 e. The number of carbonyl (C=O) groups excluding carboxylic acids is 1. The summed E-state index contributed by atoms with van der Waals surface area (Å²) in [6.07, 6.45) is 19.2. The number of aliphatic hydroxyl groups excluding tert-OH is 20. The van der Waals surface area contributed by atoms with Crippen LogP contribution in [0.2, 0.25) is 0 Å². The molecule has 402 valence electrons. The fraction of sp³-hybridized carbons (Fsp3) is 0.977. The predicted molar refractivity (Wildman–Crippen MR) is 243 cm³/mol. The summed E-state index contributed by atoms with van der Waals surface area (Å²) >= 11 is 0. The van der Waals surface area contributed by atoms with E-state index in [0.717, 1.165) is 12.8 Å². The molecule has 0 fully saturated rings. The van der Waals surface area contributed by atoms with Gasteiger partial charge < -0.3 is 107 Å². The highest BCUT2D eigenvalue weighted by Gasteiger charge is 2.07. The van der Waals surface area contributed by atoms with Gasteiger partial charge in [0.1, 0.15) is 49.3 Å². The normalized spacial score (nSPS) is 11.0. The first-order chi connectivity index (χ1) is 31.1. The number of hydrogen-bond acceptors (Lipinski definition) is 22. The minimum absolute atomic E-state index is 0.103. The Hall–Kier alpha value is -1.33. The average Bonchev–Trinajstić information content (AvgIpc) is 3.35. The van der Waals surface area contributed by atoms with Crippen LogP contribution in [-0.2, 0) is 9.53 Å². The molecule has 0 amide bonds. The lowest BCUT2D eigenvalue weighted by atomic mass is 10.0. The van der Waals surface area contributed by atoms with E-state index in [0.29, 0.717) is 6.42 Å². The standard InChI is InChI=1S/C25H50O4.6C3H8O3/c1-2-3-4-5-6-7-8-9-10-11-12-13-14-15-16-17-18-19-20-21-25(28)29-23-24(27)22-26;6*4-1-3(6)2-5/h24,26-27H,2-23H2,1H3;6*3-6H,1-2H2. The van der Waals surface area contributed by atoms with Gasteiger partial charge in [0.05, 0.1) is 85.9 Å². The van der Waals surface area contributed by atoms with Crippen LogP contribution in [0.25, 0.3) is 0 Å². The molecular weight excluding hydrogens is 868 g/mol. The third kappa shape index (κ3) is 89.8. The van der Waals surface area contributed by atoms with Gasteiger partial charge in [-0.1, -0.05) is 122 Å². The summed E-state index contributed by atoms with van der Waals surface area (Å²) in [7, 11) is 0. The van der Waals surface area contributed by atoms with E-state index in [4.69, 9.17) is 107 Å². The molecule has 0 heterocycles. The highest BCUT2D eigenvalue weighted by atomic mass is 16.5. The van der Waals surface area contributed by atoms with E-state index in [1.807, 2.05) is 0 Å². The zero-order valence-electron chi connectivity index (χ0n) is 39.3. The highest BCUT2D eigenvalue weighted by Crippen LogP contribution is 2.15. The predicted octanol–water partition coefficient (Wildman–Crippen LogP) is -3.30. The van der Waals surface area contributed by atoms with Crippen molar-refractivity contribution in [3.05, 3.63) is 0 Å². The fourth-order valence-corrected chi connectivity index (χ4v) is 4.01. The van der Waals surface area contributed by atoms with Gasteiger partial charge in [0.25, 0.3) is 0 Å². The molecule has 65 heavy (non-hydrogen) atoms. The van der Waals surface area contributed by atoms with Crippen molar-refractivity contribution in [2.24, 2.45) is 0 Å². The second-order valence-corrected chi connectivity index (χ2v) is 14.7. The summed E-state index contributed by atoms with van der Waals surface area (Å²) in [6, 6.07) is 0. The number of carbonyl (C=O) groups is 1. The van der Waals surface area contributed by atoms with E-state index in [1.54, 1.807) is 0 Å². The van der Waals surface area contributed by atoms with Crippen LogP contribution < -0.4 is 0 Å². The summed E-state index contributed by atoms with van der Waals surface area (Å²) in [5.74, 6) is -0.274. The molecule has 0 bridgehead atoms. The van der Waals surface area contributed by atoms with Crippen molar-refractivity contribution < 1.29 is 112 Å². The van der Waals surface area contributed by atoms with Gasteiger partial charge in [-0.25, -0.2) is 0 Å². The highest BCUT2D eigenvalue weighted by molar-refractivity contribution is 5.69. The Kier molecular flexibility index (Phi) is 85.9. The van der Waals surface area contributed by atoms with Gasteiger partial charge in [-0.3, -0.25) is 4.79 Å². The molecule has 22 nitrogen and oxygen atoms in total. The smallest absolute Gasteiger partial charge is 0.305 e. The molecule has 0 saturated carbocycles. The molecule has 0 saturated heterocycles. The van der Waals surface area contributed by atoms with Crippen LogP contribution in [-0.4, -0.2) is 243 Å². The van der Waals surface area contributed by atoms with E-state index >= 15 is 0 Å². The summed E-state index contributed by atoms with van der Waals surface area (Å²) in [4.78, 5) is 11.4. The van der Waals surface area contributed by atoms with Crippen LogP contribution in [0.15, 0.2) is 0 Å². The van der Waals surface area contributed by atoms with Crippen molar-refractivity contribution in [3.63, 3.8) is 0 Å². The van der Waals surface area contributed by atoms with Crippen LogP contribution >= 0.6 is 0 Å². The van der Waals surface area contributed by atoms with Crippen LogP contribution in [0, 0.1) is 0 Å². The van der Waals surface area contributed by atoms with Crippen molar-refractivity contribution in [2.45, 2.75) is 178 Å². The zero-order valence-corrected chi connectivity index (χ0v) is 39.3. The van der Waals surface area contributed by atoms with Crippen LogP contribution in [0.3, 0.4) is 0 Å². The molecule has 0 aliphatic heterocycles. The Morgan fingerprint density at radius 2 is 0.462 bits per heavy atom. The van der Waals surface area contributed by atoms with Crippen molar-refractivity contribution in [1.29, 1.82) is 0 Å². The minimum atomic E-state index is -0.955. The molecule has 0 aromatic rings. The molecule has 0 aliphatic rings. The molecule has 0 aromatic carbocycles. The lowest BCUT2D eigenvalue weighted by Gasteiger charge is -2.08. The van der Waals surface area contributed by atoms with Crippen LogP contribution in [0.5, 0.6) is 0 Å². The van der Waals surface area contributed by atoms with E-state index < -0.39 is 42.7 Å². The number of ether oxygens (including phenoxy) is 1. The third-order valence-electron chi connectivity index (χ3n) is 8.16. The minimum Gasteiger partial charge on any atom is -0.463 e. The Morgan fingerprint density at radius 3 is 0.615 bits per heavy atom. The van der Waals surface area contributed by atoms with Gasteiger partial charge in [-0.15, -0.1) is 0 Å². The topological polar surface area (TPSA) is 431 Å². The SMILES string of the molecule is CCCCCCCCCCCCCCCCCCCCCC(=O)OCC(O)CO.OCC(O)CO.OCC(O)CO.OCC(O)CO.OCC(O)CO.OCC(O)CO.OCC(O)CO. The van der Waals surface area contributed by atoms with E-state index in [-0.39, 0.29) is 98.5 Å². The number of aliphatic hydroxyl groups is 20. The Balaban J connectivity index is -0.000000149. The van der Waals surface area contributed by atoms with E-state index in [1.165, 1.54) is 109 Å². The fourth-order valence-electron chi connectivity index (χ4n) is 4.01. The quantitative estimate of drug-likeness (QED) is 0.0218. The lowest BCUT2D eigenvalue weighted by molar-refractivity contribution is -0.147. The molecule has 22 heteroatoms. The molecular formula is C43H98O22. The second kappa shape index (κ2) is 71.7. The van der Waals surface area contributed by atoms with Gasteiger partial charge >= 0.3 is 5.97 Å². The van der Waals surface area contributed by atoms with E-state index in [9.17, 15) is 4.79 Å². The van der Waals surface area contributed by atoms with Crippen molar-refractivity contribution in [3.8, 4) is 0 Å². The van der Waals surface area contributed by atoms with Gasteiger partial charge in [-0.2, -0.15) is 0 Å². The number of esters is 1. The molecule has 0 spiro atoms. The molecule has 0 aromatic heterocycles. The van der Waals surface area contributed by atoms with Gasteiger partial charge in [0.15, 0.2) is 0 Å².